The molecular formula is C25H19ClFN5O2. The van der Waals surface area contributed by atoms with E-state index in [0.29, 0.717) is 27.3 Å². The van der Waals surface area contributed by atoms with Gasteiger partial charge in [-0.2, -0.15) is 4.98 Å². The van der Waals surface area contributed by atoms with Crippen LogP contribution in [0.5, 0.6) is 0 Å². The van der Waals surface area contributed by atoms with Gasteiger partial charge in [0.1, 0.15) is 5.82 Å². The summed E-state index contributed by atoms with van der Waals surface area (Å²) < 4.78 is 16.4. The summed E-state index contributed by atoms with van der Waals surface area (Å²) in [4.78, 5) is 30.6. The Morgan fingerprint density at radius 1 is 1.06 bits per heavy atom. The number of hydrogen-bond acceptors (Lipinski definition) is 4. The lowest BCUT2D eigenvalue weighted by atomic mass is 10.2. The fourth-order valence-electron chi connectivity index (χ4n) is 3.87. The second-order valence-corrected chi connectivity index (χ2v) is 8.47. The van der Waals surface area contributed by atoms with Gasteiger partial charge in [0.05, 0.1) is 17.6 Å². The van der Waals surface area contributed by atoms with Gasteiger partial charge >= 0.3 is 0 Å². The van der Waals surface area contributed by atoms with Crippen molar-refractivity contribution >= 4 is 39.9 Å². The first-order valence-electron chi connectivity index (χ1n) is 10.5. The minimum Gasteiger partial charge on any atom is -0.319 e. The fraction of sp³-hybridized carbons (Fsp3) is 0.120. The molecule has 0 aliphatic rings. The van der Waals surface area contributed by atoms with Gasteiger partial charge in [-0.1, -0.05) is 35.9 Å². The van der Waals surface area contributed by atoms with Crippen LogP contribution in [0.2, 0.25) is 5.02 Å². The van der Waals surface area contributed by atoms with Crippen molar-refractivity contribution in [2.24, 2.45) is 0 Å². The van der Waals surface area contributed by atoms with Crippen molar-refractivity contribution < 1.29 is 9.18 Å². The standard InChI is InChI=1S/C25H19ClFN5O2/c1-14-7-10-20-21(11-14)31(13-16-5-3-4-6-18(16)26)25(34)23-29-22(30-32(20)23)24(33)28-19-9-8-17(27)12-15(19)2/h3-12H,13H2,1-2H3,(H,28,33). The summed E-state index contributed by atoms with van der Waals surface area (Å²) in [6, 6.07) is 17.0. The second kappa shape index (κ2) is 8.39. The van der Waals surface area contributed by atoms with E-state index in [-0.39, 0.29) is 18.0 Å². The van der Waals surface area contributed by atoms with E-state index >= 15 is 0 Å². The van der Waals surface area contributed by atoms with E-state index < -0.39 is 17.3 Å². The first kappa shape index (κ1) is 21.8. The van der Waals surface area contributed by atoms with E-state index in [9.17, 15) is 14.0 Å². The zero-order valence-corrected chi connectivity index (χ0v) is 19.1. The number of hydrogen-bond donors (Lipinski definition) is 1. The van der Waals surface area contributed by atoms with Crippen LogP contribution in [0.3, 0.4) is 0 Å². The van der Waals surface area contributed by atoms with Gasteiger partial charge < -0.3 is 5.32 Å². The molecule has 2 heterocycles. The molecule has 9 heteroatoms. The lowest BCUT2D eigenvalue weighted by Crippen LogP contribution is -2.24. The summed E-state index contributed by atoms with van der Waals surface area (Å²) in [5, 5.41) is 7.55. The van der Waals surface area contributed by atoms with Crippen LogP contribution in [0.4, 0.5) is 10.1 Å². The third-order valence-corrected chi connectivity index (χ3v) is 5.99. The molecule has 2 aromatic heterocycles. The zero-order valence-electron chi connectivity index (χ0n) is 18.3. The third kappa shape index (κ3) is 3.82. The number of aryl methyl sites for hydroxylation is 2. The summed E-state index contributed by atoms with van der Waals surface area (Å²) in [5.74, 6) is -1.17. The second-order valence-electron chi connectivity index (χ2n) is 8.06. The van der Waals surface area contributed by atoms with E-state index in [1.165, 1.54) is 22.7 Å². The predicted molar refractivity (Wildman–Crippen MR) is 129 cm³/mol. The monoisotopic (exact) mass is 475 g/mol. The molecule has 0 atom stereocenters. The molecule has 0 bridgehead atoms. The number of nitrogens with one attached hydrogen (secondary N) is 1. The van der Waals surface area contributed by atoms with Crippen LogP contribution in [0, 0.1) is 19.7 Å². The van der Waals surface area contributed by atoms with Crippen molar-refractivity contribution in [2.75, 3.05) is 5.32 Å². The molecule has 170 valence electrons. The van der Waals surface area contributed by atoms with Gasteiger partial charge in [0.15, 0.2) is 0 Å². The van der Waals surface area contributed by atoms with Gasteiger partial charge in [0.2, 0.25) is 11.5 Å². The summed E-state index contributed by atoms with van der Waals surface area (Å²) in [6.45, 7) is 3.84. The number of nitrogens with zero attached hydrogens (tertiary/aromatic N) is 4. The first-order valence-corrected chi connectivity index (χ1v) is 10.9. The Morgan fingerprint density at radius 3 is 2.62 bits per heavy atom. The molecule has 0 saturated heterocycles. The van der Waals surface area contributed by atoms with E-state index in [4.69, 9.17) is 11.6 Å². The van der Waals surface area contributed by atoms with Crippen molar-refractivity contribution in [3.8, 4) is 0 Å². The minimum atomic E-state index is -0.601. The average molecular weight is 476 g/mol. The molecule has 7 nitrogen and oxygen atoms in total. The molecule has 0 fully saturated rings. The summed E-state index contributed by atoms with van der Waals surface area (Å²) in [6.07, 6.45) is 0. The lowest BCUT2D eigenvalue weighted by molar-refractivity contribution is 0.101. The van der Waals surface area contributed by atoms with Crippen LogP contribution in [-0.4, -0.2) is 25.1 Å². The number of anilines is 1. The zero-order chi connectivity index (χ0) is 24.0. The van der Waals surface area contributed by atoms with E-state index in [2.05, 4.69) is 15.4 Å². The molecule has 1 amide bonds. The number of carbonyl (C=O) groups is 1. The van der Waals surface area contributed by atoms with Crippen molar-refractivity contribution in [2.45, 2.75) is 20.4 Å². The normalized spacial score (nSPS) is 11.3. The van der Waals surface area contributed by atoms with E-state index in [1.54, 1.807) is 17.6 Å². The van der Waals surface area contributed by atoms with Gasteiger partial charge in [0, 0.05) is 10.7 Å². The summed E-state index contributed by atoms with van der Waals surface area (Å²) in [5.41, 5.74) is 3.61. The van der Waals surface area contributed by atoms with Gasteiger partial charge in [0.25, 0.3) is 11.5 Å². The number of amides is 1. The number of fused-ring (bicyclic) bond motifs is 3. The van der Waals surface area contributed by atoms with Crippen LogP contribution in [-0.2, 0) is 6.54 Å². The molecule has 0 aliphatic carbocycles. The molecule has 1 N–H and O–H groups in total. The largest absolute Gasteiger partial charge is 0.319 e. The molecular weight excluding hydrogens is 457 g/mol. The predicted octanol–water partition coefficient (Wildman–Crippen LogP) is 4.75. The van der Waals surface area contributed by atoms with Crippen molar-refractivity contribution in [1.29, 1.82) is 0 Å². The van der Waals surface area contributed by atoms with Gasteiger partial charge in [-0.15, -0.1) is 5.10 Å². The van der Waals surface area contributed by atoms with E-state index in [0.717, 1.165) is 11.1 Å². The fourth-order valence-corrected chi connectivity index (χ4v) is 4.07. The van der Waals surface area contributed by atoms with Crippen LogP contribution in [0.25, 0.3) is 16.7 Å². The maximum atomic E-state index is 13.5. The van der Waals surface area contributed by atoms with Crippen LogP contribution < -0.4 is 10.9 Å². The van der Waals surface area contributed by atoms with E-state index in [1.807, 2.05) is 43.3 Å². The maximum Gasteiger partial charge on any atom is 0.296 e. The summed E-state index contributed by atoms with van der Waals surface area (Å²) in [7, 11) is 0. The molecule has 34 heavy (non-hydrogen) atoms. The Balaban J connectivity index is 1.65. The third-order valence-electron chi connectivity index (χ3n) is 5.62. The number of benzene rings is 3. The van der Waals surface area contributed by atoms with Crippen LogP contribution >= 0.6 is 11.6 Å². The quantitative estimate of drug-likeness (QED) is 0.406. The molecule has 0 radical (unpaired) electrons. The van der Waals surface area contributed by atoms with Gasteiger partial charge in [-0.3, -0.25) is 14.2 Å². The lowest BCUT2D eigenvalue weighted by Gasteiger charge is -2.13. The Hall–Kier alpha value is -4.04. The molecule has 0 spiro atoms. The minimum absolute atomic E-state index is 0.0179. The Morgan fingerprint density at radius 2 is 1.85 bits per heavy atom. The molecule has 0 aliphatic heterocycles. The highest BCUT2D eigenvalue weighted by molar-refractivity contribution is 6.31. The number of carbonyl (C=O) groups excluding carboxylic acids is 1. The summed E-state index contributed by atoms with van der Waals surface area (Å²) >= 11 is 6.35. The molecule has 0 saturated carbocycles. The molecule has 5 aromatic rings. The number of halogens is 2. The number of aromatic nitrogens is 4. The highest BCUT2D eigenvalue weighted by atomic mass is 35.5. The van der Waals surface area contributed by atoms with Crippen molar-refractivity contribution in [3.05, 3.63) is 104 Å². The average Bonchev–Trinajstić information content (AvgIpc) is 3.25. The highest BCUT2D eigenvalue weighted by Crippen LogP contribution is 2.21. The smallest absolute Gasteiger partial charge is 0.296 e. The SMILES string of the molecule is Cc1ccc2c(c1)n(Cc1ccccc1Cl)c(=O)c1nc(C(=O)Nc3ccc(F)cc3C)nn12. The topological polar surface area (TPSA) is 81.3 Å². The number of rotatable bonds is 4. The first-order chi connectivity index (χ1) is 16.3. The Bertz CT molecular complexity index is 1660. The van der Waals surface area contributed by atoms with Crippen molar-refractivity contribution in [1.82, 2.24) is 19.2 Å². The van der Waals surface area contributed by atoms with Gasteiger partial charge in [-0.05, 0) is 66.9 Å². The van der Waals surface area contributed by atoms with Crippen LogP contribution in [0.15, 0.2) is 65.5 Å². The molecule has 3 aromatic carbocycles. The Labute approximate surface area is 198 Å². The molecule has 5 rings (SSSR count). The maximum absolute atomic E-state index is 13.5. The molecule has 0 unspecified atom stereocenters. The highest BCUT2D eigenvalue weighted by Gasteiger charge is 2.20. The Kier molecular flexibility index (Phi) is 5.37. The van der Waals surface area contributed by atoms with Crippen molar-refractivity contribution in [3.63, 3.8) is 0 Å². The van der Waals surface area contributed by atoms with Crippen LogP contribution in [0.1, 0.15) is 27.3 Å². The van der Waals surface area contributed by atoms with Gasteiger partial charge in [-0.25, -0.2) is 8.91 Å².